The second-order valence-electron chi connectivity index (χ2n) is 14.3. The fourth-order valence-corrected chi connectivity index (χ4v) is 8.18. The van der Waals surface area contributed by atoms with Crippen LogP contribution in [0.15, 0.2) is 48.5 Å². The lowest BCUT2D eigenvalue weighted by molar-refractivity contribution is -0.154. The van der Waals surface area contributed by atoms with E-state index in [9.17, 15) is 23.1 Å². The van der Waals surface area contributed by atoms with Gasteiger partial charge in [-0.05, 0) is 40.9 Å². The van der Waals surface area contributed by atoms with E-state index in [2.05, 4.69) is 38.2 Å². The van der Waals surface area contributed by atoms with Crippen molar-refractivity contribution in [2.24, 2.45) is 11.3 Å². The number of aliphatic carboxylic acids is 1. The van der Waals surface area contributed by atoms with Crippen LogP contribution in [0.4, 0.5) is 0 Å². The number of benzene rings is 2. The smallest absolute Gasteiger partial charge is 0.326 e. The molecule has 2 heterocycles. The zero-order valence-corrected chi connectivity index (χ0v) is 28.1. The number of methoxy groups -OCH3 is 1. The molecule has 0 bridgehead atoms. The Morgan fingerprint density at radius 2 is 1.68 bits per heavy atom. The number of hydrogen-bond donors (Lipinski definition) is 2. The number of carbonyl (C=O) groups is 2. The minimum atomic E-state index is -3.69. The molecule has 2 aromatic rings. The molecule has 2 saturated heterocycles. The quantitative estimate of drug-likeness (QED) is 0.425. The maximum Gasteiger partial charge on any atom is 0.326 e. The number of carbonyl (C=O) groups excluding carboxylic acids is 1. The lowest BCUT2D eigenvalue weighted by atomic mass is 9.72. The summed E-state index contributed by atoms with van der Waals surface area (Å²) in [5, 5.41) is 14.5. The SMILES string of the molecule is COc1ccc(C(C)(C)C)cc1CN[C@H]1[C@H](C(C)(C)C)[C@@H](C(=O)O)N(C(=O)C2CCCCN2S(C)(=O)=O)[C@H]1c1ccccc1. The van der Waals surface area contributed by atoms with Crippen molar-refractivity contribution in [1.29, 1.82) is 0 Å². The summed E-state index contributed by atoms with van der Waals surface area (Å²) < 4.78 is 32.6. The van der Waals surface area contributed by atoms with E-state index in [1.54, 1.807) is 7.11 Å². The zero-order chi connectivity index (χ0) is 32.6. The fourth-order valence-electron chi connectivity index (χ4n) is 7.06. The molecule has 0 spiro atoms. The number of ether oxygens (including phenoxy) is 1. The number of carboxylic acid groups (broad SMARTS) is 1. The van der Waals surface area contributed by atoms with Crippen LogP contribution < -0.4 is 10.1 Å². The van der Waals surface area contributed by atoms with Crippen LogP contribution in [-0.4, -0.2) is 72.6 Å². The molecule has 0 saturated carbocycles. The van der Waals surface area contributed by atoms with Gasteiger partial charge in [-0.3, -0.25) is 4.79 Å². The van der Waals surface area contributed by atoms with Gasteiger partial charge in [-0.15, -0.1) is 0 Å². The molecule has 9 nitrogen and oxygen atoms in total. The van der Waals surface area contributed by atoms with Crippen LogP contribution in [0.1, 0.15) is 83.5 Å². The van der Waals surface area contributed by atoms with Gasteiger partial charge in [0, 0.05) is 30.6 Å². The normalized spacial score (nSPS) is 25.2. The topological polar surface area (TPSA) is 116 Å². The van der Waals surface area contributed by atoms with E-state index in [0.717, 1.165) is 28.7 Å². The molecule has 0 radical (unpaired) electrons. The molecule has 2 aliphatic rings. The highest BCUT2D eigenvalue weighted by Crippen LogP contribution is 2.49. The largest absolute Gasteiger partial charge is 0.496 e. The maximum atomic E-state index is 14.6. The molecular formula is C34H49N3O6S. The minimum absolute atomic E-state index is 0.0853. The van der Waals surface area contributed by atoms with Gasteiger partial charge in [0.05, 0.1) is 19.4 Å². The summed E-state index contributed by atoms with van der Waals surface area (Å²) in [5.74, 6) is -1.33. The van der Waals surface area contributed by atoms with Crippen LogP contribution in [0.2, 0.25) is 0 Å². The number of likely N-dealkylation sites (tertiary alicyclic amines) is 1. The van der Waals surface area contributed by atoms with Crippen molar-refractivity contribution in [1.82, 2.24) is 14.5 Å². The summed E-state index contributed by atoms with van der Waals surface area (Å²) in [4.78, 5) is 29.3. The van der Waals surface area contributed by atoms with Crippen LogP contribution in [0.5, 0.6) is 5.75 Å². The first-order valence-corrected chi connectivity index (χ1v) is 17.3. The van der Waals surface area contributed by atoms with E-state index < -0.39 is 57.4 Å². The highest BCUT2D eigenvalue weighted by atomic mass is 32.2. The molecule has 242 valence electrons. The molecule has 4 rings (SSSR count). The van der Waals surface area contributed by atoms with Crippen LogP contribution >= 0.6 is 0 Å². The van der Waals surface area contributed by atoms with Crippen molar-refractivity contribution < 1.29 is 27.9 Å². The predicted molar refractivity (Wildman–Crippen MR) is 172 cm³/mol. The van der Waals surface area contributed by atoms with Gasteiger partial charge in [-0.2, -0.15) is 4.31 Å². The van der Waals surface area contributed by atoms with E-state index in [1.165, 1.54) is 9.21 Å². The third-order valence-electron chi connectivity index (χ3n) is 9.15. The minimum Gasteiger partial charge on any atom is -0.496 e. The number of amides is 1. The monoisotopic (exact) mass is 627 g/mol. The summed E-state index contributed by atoms with van der Waals surface area (Å²) in [7, 11) is -2.05. The molecule has 2 fully saturated rings. The number of nitrogens with zero attached hydrogens (tertiary/aromatic N) is 2. The van der Waals surface area contributed by atoms with E-state index in [4.69, 9.17) is 4.74 Å². The first-order valence-electron chi connectivity index (χ1n) is 15.4. The highest BCUT2D eigenvalue weighted by Gasteiger charge is 2.59. The number of nitrogens with one attached hydrogen (secondary N) is 1. The van der Waals surface area contributed by atoms with Gasteiger partial charge >= 0.3 is 5.97 Å². The van der Waals surface area contributed by atoms with Crippen molar-refractivity contribution in [3.8, 4) is 5.75 Å². The fraction of sp³-hybridized carbons (Fsp3) is 0.588. The summed E-state index contributed by atoms with van der Waals surface area (Å²) in [6.07, 6.45) is 2.82. The van der Waals surface area contributed by atoms with Crippen LogP contribution in [-0.2, 0) is 31.6 Å². The summed E-state index contributed by atoms with van der Waals surface area (Å²) in [6, 6.07) is 12.4. The van der Waals surface area contributed by atoms with E-state index in [0.29, 0.717) is 25.8 Å². The van der Waals surface area contributed by atoms with Gasteiger partial charge < -0.3 is 20.1 Å². The Hall–Kier alpha value is -2.95. The first-order chi connectivity index (χ1) is 20.5. The average molecular weight is 628 g/mol. The molecule has 0 aromatic heterocycles. The van der Waals surface area contributed by atoms with Gasteiger partial charge in [0.15, 0.2) is 0 Å². The van der Waals surface area contributed by atoms with Crippen LogP contribution in [0.25, 0.3) is 0 Å². The molecule has 10 heteroatoms. The Bertz CT molecular complexity index is 1450. The number of piperidine rings is 1. The van der Waals surface area contributed by atoms with E-state index in [-0.39, 0.29) is 12.0 Å². The van der Waals surface area contributed by atoms with Crippen LogP contribution in [0, 0.1) is 11.3 Å². The lowest BCUT2D eigenvalue weighted by Gasteiger charge is -2.39. The summed E-state index contributed by atoms with van der Waals surface area (Å²) in [6.45, 7) is 13.1. The molecule has 44 heavy (non-hydrogen) atoms. The molecule has 1 unspecified atom stereocenters. The Labute approximate surface area is 263 Å². The molecule has 1 amide bonds. The van der Waals surface area contributed by atoms with Crippen molar-refractivity contribution in [2.45, 2.75) is 96.9 Å². The van der Waals surface area contributed by atoms with Crippen molar-refractivity contribution in [3.63, 3.8) is 0 Å². The number of carboxylic acids is 1. The van der Waals surface area contributed by atoms with Gasteiger partial charge in [0.1, 0.15) is 17.8 Å². The Morgan fingerprint density at radius 3 is 2.23 bits per heavy atom. The van der Waals surface area contributed by atoms with Crippen molar-refractivity contribution >= 4 is 21.9 Å². The number of rotatable bonds is 8. The van der Waals surface area contributed by atoms with Crippen LogP contribution in [0.3, 0.4) is 0 Å². The third kappa shape index (κ3) is 6.97. The maximum absolute atomic E-state index is 14.6. The molecule has 2 aliphatic heterocycles. The second-order valence-corrected chi connectivity index (χ2v) is 16.3. The van der Waals surface area contributed by atoms with Crippen molar-refractivity contribution in [2.75, 3.05) is 19.9 Å². The predicted octanol–water partition coefficient (Wildman–Crippen LogP) is 4.96. The summed E-state index contributed by atoms with van der Waals surface area (Å²) >= 11 is 0. The molecule has 2 N–H and O–H groups in total. The lowest BCUT2D eigenvalue weighted by Crippen LogP contribution is -2.56. The summed E-state index contributed by atoms with van der Waals surface area (Å²) in [5.41, 5.74) is 2.27. The number of hydrogen-bond acceptors (Lipinski definition) is 6. The molecule has 2 aromatic carbocycles. The standard InChI is InChI=1S/C34H49N3O6S/c1-33(2,3)24-17-18-26(43-7)23(20-24)21-35-28-27(34(4,5)6)30(32(39)40)37(29(28)22-14-10-9-11-15-22)31(38)25-16-12-13-19-36(25)44(8,41)42/h9-11,14-15,17-18,20,25,27-30,35H,12-13,16,19,21H2,1-8H3,(H,39,40)/t25?,27-,28-,29-,30-/m0/s1. The number of sulfonamides is 1. The van der Waals surface area contributed by atoms with E-state index >= 15 is 0 Å². The molecular weight excluding hydrogens is 578 g/mol. The Balaban J connectivity index is 1.86. The van der Waals surface area contributed by atoms with Gasteiger partial charge in [0.2, 0.25) is 15.9 Å². The Kier molecular flexibility index (Phi) is 9.88. The van der Waals surface area contributed by atoms with Gasteiger partial charge in [-0.1, -0.05) is 90.4 Å². The van der Waals surface area contributed by atoms with E-state index in [1.807, 2.05) is 57.2 Å². The third-order valence-corrected chi connectivity index (χ3v) is 10.4. The zero-order valence-electron chi connectivity index (χ0n) is 27.3. The molecule has 0 aliphatic carbocycles. The molecule has 5 atom stereocenters. The Morgan fingerprint density at radius 1 is 1.02 bits per heavy atom. The first kappa shape index (κ1) is 33.9. The average Bonchev–Trinajstić information content (AvgIpc) is 3.31. The highest BCUT2D eigenvalue weighted by molar-refractivity contribution is 7.88. The van der Waals surface area contributed by atoms with Gasteiger partial charge in [-0.25, -0.2) is 13.2 Å². The second kappa shape index (κ2) is 12.8. The van der Waals surface area contributed by atoms with Gasteiger partial charge in [0.25, 0.3) is 0 Å². The van der Waals surface area contributed by atoms with Crippen molar-refractivity contribution in [3.05, 3.63) is 65.2 Å².